The van der Waals surface area contributed by atoms with E-state index in [1.54, 1.807) is 19.3 Å². The highest BCUT2D eigenvalue weighted by Crippen LogP contribution is 2.44. The summed E-state index contributed by atoms with van der Waals surface area (Å²) < 4.78 is 1.49. The molecule has 4 atom stereocenters. The van der Waals surface area contributed by atoms with Crippen LogP contribution in [0.3, 0.4) is 0 Å². The van der Waals surface area contributed by atoms with E-state index < -0.39 is 0 Å². The van der Waals surface area contributed by atoms with E-state index in [1.165, 1.54) is 42.7 Å². The van der Waals surface area contributed by atoms with Crippen LogP contribution in [0.1, 0.15) is 74.6 Å². The van der Waals surface area contributed by atoms with Gasteiger partial charge in [-0.2, -0.15) is 0 Å². The molecule has 2 amide bonds. The Morgan fingerprint density at radius 1 is 1.03 bits per heavy atom. The summed E-state index contributed by atoms with van der Waals surface area (Å²) in [5, 5.41) is 0. The average molecular weight is 426 g/mol. The predicted octanol–water partition coefficient (Wildman–Crippen LogP) is 3.20. The Balaban J connectivity index is 1.40. The minimum atomic E-state index is -0.151. The van der Waals surface area contributed by atoms with Crippen LogP contribution < -0.4 is 5.56 Å². The first kappa shape index (κ1) is 20.8. The number of hydrogen-bond acceptors (Lipinski definition) is 3. The smallest absolute Gasteiger partial charge is 0.254 e. The maximum atomic E-state index is 13.3. The van der Waals surface area contributed by atoms with Crippen molar-refractivity contribution in [3.05, 3.63) is 34.2 Å². The molecule has 6 nitrogen and oxygen atoms in total. The quantitative estimate of drug-likeness (QED) is 0.747. The van der Waals surface area contributed by atoms with Gasteiger partial charge in [0.1, 0.15) is 0 Å². The van der Waals surface area contributed by atoms with E-state index in [2.05, 4.69) is 4.90 Å². The molecule has 4 aliphatic rings. The van der Waals surface area contributed by atoms with E-state index >= 15 is 0 Å². The summed E-state index contributed by atoms with van der Waals surface area (Å²) in [6, 6.07) is 3.77. The topological polar surface area (TPSA) is 62.6 Å². The molecule has 4 heterocycles. The Hall–Kier alpha value is -2.11. The fourth-order valence-corrected chi connectivity index (χ4v) is 6.87. The third-order valence-corrected chi connectivity index (χ3v) is 8.43. The van der Waals surface area contributed by atoms with Gasteiger partial charge < -0.3 is 14.4 Å². The van der Waals surface area contributed by atoms with Gasteiger partial charge in [0.05, 0.1) is 0 Å². The highest BCUT2D eigenvalue weighted by atomic mass is 16.2. The summed E-state index contributed by atoms with van der Waals surface area (Å²) in [5.74, 6) is 1.75. The minimum absolute atomic E-state index is 0.0283. The summed E-state index contributed by atoms with van der Waals surface area (Å²) in [7, 11) is 1.70. The first-order valence-electron chi connectivity index (χ1n) is 12.3. The van der Waals surface area contributed by atoms with Crippen LogP contribution in [0.2, 0.25) is 0 Å². The number of piperidine rings is 3. The van der Waals surface area contributed by atoms with Crippen molar-refractivity contribution < 1.29 is 9.59 Å². The summed E-state index contributed by atoms with van der Waals surface area (Å²) >= 11 is 0. The van der Waals surface area contributed by atoms with Crippen LogP contribution >= 0.6 is 0 Å². The second-order valence-corrected chi connectivity index (χ2v) is 10.4. The Morgan fingerprint density at radius 2 is 1.81 bits per heavy atom. The van der Waals surface area contributed by atoms with Crippen molar-refractivity contribution in [2.75, 3.05) is 13.1 Å². The van der Waals surface area contributed by atoms with Gasteiger partial charge in [-0.05, 0) is 49.5 Å². The number of nitrogens with zero attached hydrogens (tertiary/aromatic N) is 3. The van der Waals surface area contributed by atoms with Crippen LogP contribution in [0.4, 0.5) is 0 Å². The van der Waals surface area contributed by atoms with Crippen molar-refractivity contribution >= 4 is 11.8 Å². The number of pyridine rings is 1. The maximum absolute atomic E-state index is 13.3. The van der Waals surface area contributed by atoms with Crippen LogP contribution in [-0.2, 0) is 11.8 Å². The van der Waals surface area contributed by atoms with Crippen molar-refractivity contribution in [1.82, 2.24) is 14.4 Å². The van der Waals surface area contributed by atoms with E-state index in [0.717, 1.165) is 25.7 Å². The van der Waals surface area contributed by atoms with Crippen LogP contribution in [0.5, 0.6) is 0 Å². The van der Waals surface area contributed by atoms with E-state index in [-0.39, 0.29) is 23.6 Å². The molecule has 6 heteroatoms. The Kier molecular flexibility index (Phi) is 5.65. The molecule has 168 valence electrons. The third-order valence-electron chi connectivity index (χ3n) is 8.43. The largest absolute Gasteiger partial charge is 0.338 e. The van der Waals surface area contributed by atoms with E-state index in [9.17, 15) is 14.4 Å². The van der Waals surface area contributed by atoms with Crippen molar-refractivity contribution in [3.8, 4) is 0 Å². The molecule has 4 fully saturated rings. The van der Waals surface area contributed by atoms with Gasteiger partial charge in [0.2, 0.25) is 5.91 Å². The van der Waals surface area contributed by atoms with Crippen molar-refractivity contribution in [2.24, 2.45) is 24.8 Å². The van der Waals surface area contributed by atoms with E-state index in [1.807, 2.05) is 4.90 Å². The molecule has 1 saturated carbocycles. The summed E-state index contributed by atoms with van der Waals surface area (Å²) in [6.07, 6.45) is 13.2. The number of aromatic nitrogens is 1. The van der Waals surface area contributed by atoms with Crippen molar-refractivity contribution in [3.63, 3.8) is 0 Å². The second-order valence-electron chi connectivity index (χ2n) is 10.4. The van der Waals surface area contributed by atoms with Gasteiger partial charge in [-0.15, -0.1) is 0 Å². The summed E-state index contributed by atoms with van der Waals surface area (Å²) in [6.45, 7) is 1.41. The monoisotopic (exact) mass is 425 g/mol. The first-order chi connectivity index (χ1) is 15.0. The Labute approximate surface area is 184 Å². The lowest BCUT2D eigenvalue weighted by atomic mass is 9.69. The van der Waals surface area contributed by atoms with E-state index in [0.29, 0.717) is 48.7 Å². The molecule has 0 unspecified atom stereocenters. The lowest BCUT2D eigenvalue weighted by molar-refractivity contribution is -0.153. The standard InChI is InChI=1S/C25H35N3O3/c1-26-11-10-18(14-24(26)30)25(31)27-15-19-13-20(16-27)22(12-17-6-3-2-4-7-17)28-21(19)8-5-9-23(28)29/h10-11,14,17,19-22H,2-9,12-13,15-16H2,1H3/t19-,20+,21+,22+/m1/s1. The third kappa shape index (κ3) is 3.94. The van der Waals surface area contributed by atoms with Gasteiger partial charge in [-0.3, -0.25) is 14.4 Å². The lowest BCUT2D eigenvalue weighted by Gasteiger charge is -2.57. The molecule has 1 aromatic heterocycles. The number of carbonyl (C=O) groups excluding carboxylic acids is 2. The number of likely N-dealkylation sites (tertiary alicyclic amines) is 1. The van der Waals surface area contributed by atoms with Crippen LogP contribution in [0, 0.1) is 17.8 Å². The number of amides is 2. The lowest BCUT2D eigenvalue weighted by Crippen LogP contribution is -2.65. The molecule has 0 aromatic carbocycles. The molecular weight excluding hydrogens is 390 g/mol. The van der Waals surface area contributed by atoms with Crippen molar-refractivity contribution in [2.45, 2.75) is 76.3 Å². The molecule has 3 aliphatic heterocycles. The molecule has 2 bridgehead atoms. The van der Waals surface area contributed by atoms with Gasteiger partial charge in [0.25, 0.3) is 11.5 Å². The van der Waals surface area contributed by atoms with Gasteiger partial charge >= 0.3 is 0 Å². The van der Waals surface area contributed by atoms with Gasteiger partial charge in [-0.25, -0.2) is 0 Å². The zero-order chi connectivity index (χ0) is 21.5. The second kappa shape index (κ2) is 8.44. The number of aryl methyl sites for hydroxylation is 1. The molecule has 31 heavy (non-hydrogen) atoms. The number of fused-ring (bicyclic) bond motifs is 4. The molecule has 3 saturated heterocycles. The van der Waals surface area contributed by atoms with Crippen LogP contribution in [0.15, 0.2) is 23.1 Å². The SMILES string of the molecule is Cn1ccc(C(=O)N2C[C@H]3C[C@@H](C2)[C@H](CC2CCCCC2)N2C(=O)CCC[C@@H]32)cc1=O. The van der Waals surface area contributed by atoms with Crippen molar-refractivity contribution in [1.29, 1.82) is 0 Å². The number of carbonyl (C=O) groups is 2. The summed E-state index contributed by atoms with van der Waals surface area (Å²) in [4.78, 5) is 42.7. The Morgan fingerprint density at radius 3 is 2.58 bits per heavy atom. The molecule has 0 N–H and O–H groups in total. The first-order valence-corrected chi connectivity index (χ1v) is 12.3. The average Bonchev–Trinajstić information content (AvgIpc) is 2.78. The van der Waals surface area contributed by atoms with E-state index in [4.69, 9.17) is 0 Å². The molecular formula is C25H35N3O3. The van der Waals surface area contributed by atoms with Gasteiger partial charge in [0.15, 0.2) is 0 Å². The number of rotatable bonds is 3. The van der Waals surface area contributed by atoms with Gasteiger partial charge in [0, 0.05) is 56.5 Å². The Bertz CT molecular complexity index is 904. The highest BCUT2D eigenvalue weighted by molar-refractivity contribution is 5.94. The zero-order valence-electron chi connectivity index (χ0n) is 18.7. The molecule has 1 aromatic rings. The molecule has 0 spiro atoms. The predicted molar refractivity (Wildman–Crippen MR) is 119 cm³/mol. The summed E-state index contributed by atoms with van der Waals surface area (Å²) in [5.41, 5.74) is 0.339. The molecule has 1 aliphatic carbocycles. The fraction of sp³-hybridized carbons (Fsp3) is 0.720. The molecule has 0 radical (unpaired) electrons. The van der Waals surface area contributed by atoms with Crippen LogP contribution in [-0.4, -0.2) is 51.4 Å². The highest BCUT2D eigenvalue weighted by Gasteiger charge is 2.50. The number of hydrogen-bond donors (Lipinski definition) is 0. The minimum Gasteiger partial charge on any atom is -0.338 e. The maximum Gasteiger partial charge on any atom is 0.254 e. The van der Waals surface area contributed by atoms with Gasteiger partial charge in [-0.1, -0.05) is 32.1 Å². The molecule has 5 rings (SSSR count). The fourth-order valence-electron chi connectivity index (χ4n) is 6.87. The normalized spacial score (nSPS) is 31.5. The van der Waals surface area contributed by atoms with Crippen LogP contribution in [0.25, 0.3) is 0 Å². The zero-order valence-corrected chi connectivity index (χ0v) is 18.7.